The Hall–Kier alpha value is -0.770. The summed E-state index contributed by atoms with van der Waals surface area (Å²) >= 11 is 0. The normalized spacial score (nSPS) is 22.2. The highest BCUT2D eigenvalue weighted by atomic mass is 16.2. The second-order valence-corrected chi connectivity index (χ2v) is 3.09. The molecule has 0 aromatic heterocycles. The Labute approximate surface area is 73.1 Å². The second-order valence-electron chi connectivity index (χ2n) is 3.09. The Bertz CT molecular complexity index is 143. The molecule has 1 fully saturated rings. The van der Waals surface area contributed by atoms with Gasteiger partial charge in [0.1, 0.15) is 0 Å². The number of hydrogen-bond acceptors (Lipinski definition) is 2. The molecular formula is C8H17N3O. The van der Waals surface area contributed by atoms with Crippen LogP contribution in [0.5, 0.6) is 0 Å². The highest BCUT2D eigenvalue weighted by Gasteiger charge is 2.15. The lowest BCUT2D eigenvalue weighted by Gasteiger charge is -2.11. The maximum absolute atomic E-state index is 11.1. The van der Waals surface area contributed by atoms with Crippen molar-refractivity contribution in [1.29, 1.82) is 0 Å². The molecule has 4 nitrogen and oxygen atoms in total. The largest absolute Gasteiger partial charge is 0.338 e. The van der Waals surface area contributed by atoms with Crippen LogP contribution in [-0.4, -0.2) is 31.7 Å². The third-order valence-corrected chi connectivity index (χ3v) is 1.93. The van der Waals surface area contributed by atoms with Crippen molar-refractivity contribution in [3.05, 3.63) is 0 Å². The highest BCUT2D eigenvalue weighted by Crippen LogP contribution is 1.95. The van der Waals surface area contributed by atoms with Gasteiger partial charge in [0, 0.05) is 19.1 Å². The fraction of sp³-hybridized carbons (Fsp3) is 0.875. The zero-order chi connectivity index (χ0) is 8.81. The van der Waals surface area contributed by atoms with Gasteiger partial charge < -0.3 is 16.0 Å². The van der Waals surface area contributed by atoms with Crippen molar-refractivity contribution in [3.8, 4) is 0 Å². The molecule has 3 N–H and O–H groups in total. The van der Waals surface area contributed by atoms with Gasteiger partial charge in [-0.05, 0) is 19.4 Å². The van der Waals surface area contributed by atoms with Crippen molar-refractivity contribution < 1.29 is 4.79 Å². The predicted molar refractivity (Wildman–Crippen MR) is 48.1 cm³/mol. The zero-order valence-electron chi connectivity index (χ0n) is 7.52. The topological polar surface area (TPSA) is 53.2 Å². The van der Waals surface area contributed by atoms with Crippen LogP contribution in [0.4, 0.5) is 4.79 Å². The molecule has 1 rings (SSSR count). The van der Waals surface area contributed by atoms with Gasteiger partial charge in [-0.1, -0.05) is 6.92 Å². The Morgan fingerprint density at radius 1 is 1.67 bits per heavy atom. The number of rotatable bonds is 3. The molecule has 0 bridgehead atoms. The minimum Gasteiger partial charge on any atom is -0.338 e. The van der Waals surface area contributed by atoms with Crippen LogP contribution >= 0.6 is 0 Å². The minimum atomic E-state index is -0.0365. The van der Waals surface area contributed by atoms with Gasteiger partial charge in [0.25, 0.3) is 0 Å². The van der Waals surface area contributed by atoms with Crippen molar-refractivity contribution in [1.82, 2.24) is 16.0 Å². The summed E-state index contributed by atoms with van der Waals surface area (Å²) in [5, 5.41) is 8.87. The molecule has 1 heterocycles. The summed E-state index contributed by atoms with van der Waals surface area (Å²) in [5.41, 5.74) is 0. The number of urea groups is 1. The molecule has 1 aliphatic rings. The predicted octanol–water partition coefficient (Wildman–Crippen LogP) is 0.0575. The van der Waals surface area contributed by atoms with Crippen LogP contribution in [0.3, 0.4) is 0 Å². The summed E-state index contributed by atoms with van der Waals surface area (Å²) in [6.45, 7) is 4.71. The fourth-order valence-corrected chi connectivity index (χ4v) is 1.25. The molecule has 12 heavy (non-hydrogen) atoms. The molecular weight excluding hydrogens is 154 g/mol. The van der Waals surface area contributed by atoms with Gasteiger partial charge in [0.15, 0.2) is 0 Å². The average Bonchev–Trinajstić information content (AvgIpc) is 2.53. The van der Waals surface area contributed by atoms with Gasteiger partial charge in [-0.15, -0.1) is 0 Å². The first-order chi connectivity index (χ1) is 5.83. The third kappa shape index (κ3) is 3.09. The van der Waals surface area contributed by atoms with Crippen molar-refractivity contribution in [3.63, 3.8) is 0 Å². The van der Waals surface area contributed by atoms with Crippen molar-refractivity contribution in [2.75, 3.05) is 19.6 Å². The average molecular weight is 171 g/mol. The molecule has 1 atom stereocenters. The first kappa shape index (κ1) is 9.32. The number of carbonyl (C=O) groups excluding carboxylic acids is 1. The van der Waals surface area contributed by atoms with E-state index in [1.807, 2.05) is 6.92 Å². The smallest absolute Gasteiger partial charge is 0.315 e. The summed E-state index contributed by atoms with van der Waals surface area (Å²) in [7, 11) is 0. The monoisotopic (exact) mass is 171 g/mol. The quantitative estimate of drug-likeness (QED) is 0.562. The SMILES string of the molecule is CCCNC(=O)N[C@H]1CCNC1. The summed E-state index contributed by atoms with van der Waals surface area (Å²) in [4.78, 5) is 11.1. The maximum Gasteiger partial charge on any atom is 0.315 e. The Morgan fingerprint density at radius 2 is 2.50 bits per heavy atom. The van der Waals surface area contributed by atoms with Crippen LogP contribution in [0.1, 0.15) is 19.8 Å². The van der Waals surface area contributed by atoms with Crippen LogP contribution in [0.15, 0.2) is 0 Å². The summed E-state index contributed by atoms with van der Waals surface area (Å²) in [5.74, 6) is 0. The van der Waals surface area contributed by atoms with Gasteiger partial charge in [-0.25, -0.2) is 4.79 Å². The lowest BCUT2D eigenvalue weighted by Crippen LogP contribution is -2.43. The molecule has 0 spiro atoms. The maximum atomic E-state index is 11.1. The molecule has 70 valence electrons. The van der Waals surface area contributed by atoms with E-state index in [-0.39, 0.29) is 6.03 Å². The molecule has 1 saturated heterocycles. The molecule has 1 aliphatic heterocycles. The fourth-order valence-electron chi connectivity index (χ4n) is 1.25. The van der Waals surface area contributed by atoms with E-state index in [9.17, 15) is 4.79 Å². The van der Waals surface area contributed by atoms with E-state index in [2.05, 4.69) is 16.0 Å². The third-order valence-electron chi connectivity index (χ3n) is 1.93. The van der Waals surface area contributed by atoms with Crippen molar-refractivity contribution in [2.24, 2.45) is 0 Å². The van der Waals surface area contributed by atoms with E-state index in [1.165, 1.54) is 0 Å². The van der Waals surface area contributed by atoms with Crippen molar-refractivity contribution >= 4 is 6.03 Å². The van der Waals surface area contributed by atoms with Gasteiger partial charge in [-0.2, -0.15) is 0 Å². The molecule has 0 aromatic carbocycles. The first-order valence-electron chi connectivity index (χ1n) is 4.58. The molecule has 0 aromatic rings. The van der Waals surface area contributed by atoms with E-state index in [0.717, 1.165) is 32.5 Å². The van der Waals surface area contributed by atoms with Crippen LogP contribution in [0, 0.1) is 0 Å². The molecule has 4 heteroatoms. The van der Waals surface area contributed by atoms with Crippen LogP contribution in [0.25, 0.3) is 0 Å². The van der Waals surface area contributed by atoms with E-state index in [0.29, 0.717) is 6.04 Å². The van der Waals surface area contributed by atoms with Crippen LogP contribution < -0.4 is 16.0 Å². The van der Waals surface area contributed by atoms with E-state index < -0.39 is 0 Å². The minimum absolute atomic E-state index is 0.0365. The van der Waals surface area contributed by atoms with E-state index >= 15 is 0 Å². The number of nitrogens with one attached hydrogen (secondary N) is 3. The number of amides is 2. The standard InChI is InChI=1S/C8H17N3O/c1-2-4-10-8(12)11-7-3-5-9-6-7/h7,9H,2-6H2,1H3,(H2,10,11,12)/t7-/m0/s1. The van der Waals surface area contributed by atoms with Gasteiger partial charge in [0.2, 0.25) is 0 Å². The molecule has 0 aliphatic carbocycles. The van der Waals surface area contributed by atoms with Gasteiger partial charge >= 0.3 is 6.03 Å². The van der Waals surface area contributed by atoms with E-state index in [1.54, 1.807) is 0 Å². The van der Waals surface area contributed by atoms with Crippen molar-refractivity contribution in [2.45, 2.75) is 25.8 Å². The number of carbonyl (C=O) groups is 1. The molecule has 0 unspecified atom stereocenters. The van der Waals surface area contributed by atoms with Gasteiger partial charge in [-0.3, -0.25) is 0 Å². The van der Waals surface area contributed by atoms with Crippen LogP contribution in [0.2, 0.25) is 0 Å². The lowest BCUT2D eigenvalue weighted by atomic mass is 10.3. The summed E-state index contributed by atoms with van der Waals surface area (Å²) in [6, 6.07) is 0.285. The number of hydrogen-bond donors (Lipinski definition) is 3. The van der Waals surface area contributed by atoms with E-state index in [4.69, 9.17) is 0 Å². The van der Waals surface area contributed by atoms with Gasteiger partial charge in [0.05, 0.1) is 0 Å². The molecule has 2 amide bonds. The Balaban J connectivity index is 2.08. The highest BCUT2D eigenvalue weighted by molar-refractivity contribution is 5.74. The Morgan fingerprint density at radius 3 is 3.08 bits per heavy atom. The lowest BCUT2D eigenvalue weighted by molar-refractivity contribution is 0.238. The molecule has 0 saturated carbocycles. The summed E-state index contributed by atoms with van der Waals surface area (Å²) < 4.78 is 0. The molecule has 0 radical (unpaired) electrons. The zero-order valence-corrected chi connectivity index (χ0v) is 7.52. The first-order valence-corrected chi connectivity index (χ1v) is 4.58. The Kier molecular flexibility index (Phi) is 3.87. The summed E-state index contributed by atoms with van der Waals surface area (Å²) in [6.07, 6.45) is 2.02. The van der Waals surface area contributed by atoms with Crippen LogP contribution in [-0.2, 0) is 0 Å². The second kappa shape index (κ2) is 4.98.